The number of rotatable bonds is 4. The number of benzene rings is 1. The monoisotopic (exact) mass is 389 g/mol. The van der Waals surface area contributed by atoms with Crippen LogP contribution in [0.2, 0.25) is 5.15 Å². The maximum Gasteiger partial charge on any atom is 0.417 e. The van der Waals surface area contributed by atoms with E-state index in [9.17, 15) is 14.3 Å². The highest BCUT2D eigenvalue weighted by Gasteiger charge is 2.25. The van der Waals surface area contributed by atoms with Crippen LogP contribution in [-0.4, -0.2) is 32.9 Å². The van der Waals surface area contributed by atoms with Gasteiger partial charge in [0.05, 0.1) is 5.69 Å². The predicted octanol–water partition coefficient (Wildman–Crippen LogP) is 3.38. The number of hydrogen-bond acceptors (Lipinski definition) is 4. The Hall–Kier alpha value is -1.77. The van der Waals surface area contributed by atoms with E-state index >= 15 is 0 Å². The fourth-order valence-electron chi connectivity index (χ4n) is 1.87. The van der Waals surface area contributed by atoms with Gasteiger partial charge >= 0.3 is 6.09 Å². The maximum atomic E-state index is 14.1. The maximum absolute atomic E-state index is 14.1. The second-order valence-corrected chi connectivity index (χ2v) is 5.43. The minimum atomic E-state index is -1.44. The first kappa shape index (κ1) is 16.6. The number of carboxylic acid groups (broad SMARTS) is 1. The number of anilines is 2. The number of carbonyl (C=O) groups is 1. The van der Waals surface area contributed by atoms with Gasteiger partial charge in [0.1, 0.15) is 17.3 Å². The van der Waals surface area contributed by atoms with Gasteiger partial charge in [-0.3, -0.25) is 0 Å². The Labute approximate surface area is 138 Å². The van der Waals surface area contributed by atoms with Crippen molar-refractivity contribution < 1.29 is 19.4 Å². The highest BCUT2D eigenvalue weighted by molar-refractivity contribution is 9.10. The van der Waals surface area contributed by atoms with Gasteiger partial charge in [-0.25, -0.2) is 24.1 Å². The van der Waals surface area contributed by atoms with E-state index in [1.165, 1.54) is 12.1 Å². The van der Waals surface area contributed by atoms with Crippen LogP contribution in [0.3, 0.4) is 0 Å². The highest BCUT2D eigenvalue weighted by atomic mass is 79.9. The van der Waals surface area contributed by atoms with Crippen molar-refractivity contribution in [2.45, 2.75) is 6.42 Å². The molecule has 116 valence electrons. The molecule has 1 aromatic heterocycles. The number of hydrogen-bond donors (Lipinski definition) is 2. The molecule has 2 N–H and O–H groups in total. The van der Waals surface area contributed by atoms with Crippen LogP contribution in [0.25, 0.3) is 0 Å². The van der Waals surface area contributed by atoms with Gasteiger partial charge in [-0.1, -0.05) is 27.5 Å². The van der Waals surface area contributed by atoms with E-state index in [4.69, 9.17) is 16.7 Å². The van der Waals surface area contributed by atoms with Crippen LogP contribution in [0, 0.1) is 5.82 Å². The molecule has 2 rings (SSSR count). The van der Waals surface area contributed by atoms with Crippen molar-refractivity contribution in [3.05, 3.63) is 45.5 Å². The summed E-state index contributed by atoms with van der Waals surface area (Å²) in [6.07, 6.45) is -0.322. The highest BCUT2D eigenvalue weighted by Crippen LogP contribution is 2.32. The van der Waals surface area contributed by atoms with E-state index in [-0.39, 0.29) is 35.2 Å². The van der Waals surface area contributed by atoms with Crippen LogP contribution in [-0.2, 0) is 6.42 Å². The summed E-state index contributed by atoms with van der Waals surface area (Å²) in [6, 6.07) is 3.94. The van der Waals surface area contributed by atoms with Crippen LogP contribution in [0.1, 0.15) is 5.56 Å². The predicted molar refractivity (Wildman–Crippen MR) is 82.1 cm³/mol. The van der Waals surface area contributed by atoms with Crippen molar-refractivity contribution in [3.8, 4) is 0 Å². The van der Waals surface area contributed by atoms with E-state index < -0.39 is 11.9 Å². The van der Waals surface area contributed by atoms with Crippen LogP contribution in [0.15, 0.2) is 29.0 Å². The second kappa shape index (κ2) is 6.99. The Morgan fingerprint density at radius 2 is 2.14 bits per heavy atom. The molecule has 0 atom stereocenters. The molecule has 0 aliphatic rings. The molecule has 0 saturated carbocycles. The average molecular weight is 391 g/mol. The van der Waals surface area contributed by atoms with Crippen molar-refractivity contribution in [3.63, 3.8) is 0 Å². The lowest BCUT2D eigenvalue weighted by Gasteiger charge is -2.21. The number of aliphatic hydroxyl groups is 1. The standard InChI is InChI=1S/C13H10BrClFN3O3/c14-7-1-2-10(9(16)5-7)19(13(21)22)12-8(3-4-20)11(15)17-6-18-12/h1-2,5-6,20H,3-4H2,(H,21,22). The number of aliphatic hydroxyl groups excluding tert-OH is 1. The molecule has 9 heteroatoms. The van der Waals surface area contributed by atoms with E-state index in [1.807, 2.05) is 0 Å². The molecule has 0 unspecified atom stereocenters. The Morgan fingerprint density at radius 1 is 1.41 bits per heavy atom. The van der Waals surface area contributed by atoms with Crippen LogP contribution >= 0.6 is 27.5 Å². The van der Waals surface area contributed by atoms with Crippen molar-refractivity contribution >= 4 is 45.1 Å². The molecular weight excluding hydrogens is 381 g/mol. The topological polar surface area (TPSA) is 86.5 Å². The Kier molecular flexibility index (Phi) is 5.28. The van der Waals surface area contributed by atoms with Gasteiger partial charge in [-0.05, 0) is 18.2 Å². The zero-order chi connectivity index (χ0) is 16.3. The summed E-state index contributed by atoms with van der Waals surface area (Å²) >= 11 is 9.03. The fourth-order valence-corrected chi connectivity index (χ4v) is 2.43. The SMILES string of the molecule is O=C(O)N(c1ccc(Br)cc1F)c1ncnc(Cl)c1CCO. The number of aromatic nitrogens is 2. The largest absolute Gasteiger partial charge is 0.464 e. The summed E-state index contributed by atoms with van der Waals surface area (Å²) in [5.41, 5.74) is 0.0149. The van der Waals surface area contributed by atoms with Crippen molar-refractivity contribution in [1.82, 2.24) is 9.97 Å². The molecule has 1 aromatic carbocycles. The summed E-state index contributed by atoms with van der Waals surface area (Å²) in [5, 5.41) is 18.5. The smallest absolute Gasteiger partial charge is 0.417 e. The van der Waals surface area contributed by atoms with Crippen molar-refractivity contribution in [2.75, 3.05) is 11.5 Å². The molecule has 0 aliphatic carbocycles. The number of halogens is 3. The first-order chi connectivity index (χ1) is 10.5. The summed E-state index contributed by atoms with van der Waals surface area (Å²) < 4.78 is 14.6. The van der Waals surface area contributed by atoms with Crippen LogP contribution < -0.4 is 4.90 Å². The van der Waals surface area contributed by atoms with Gasteiger partial charge in [-0.15, -0.1) is 0 Å². The fraction of sp³-hybridized carbons (Fsp3) is 0.154. The van der Waals surface area contributed by atoms with E-state index in [2.05, 4.69) is 25.9 Å². The van der Waals surface area contributed by atoms with Gasteiger partial charge in [0, 0.05) is 23.1 Å². The summed E-state index contributed by atoms with van der Waals surface area (Å²) in [6.45, 7) is -0.281. The van der Waals surface area contributed by atoms with Gasteiger partial charge in [0.25, 0.3) is 0 Å². The van der Waals surface area contributed by atoms with Gasteiger partial charge in [0.2, 0.25) is 0 Å². The minimum absolute atomic E-state index is 0.00261. The number of amides is 1. The molecule has 22 heavy (non-hydrogen) atoms. The third-order valence-corrected chi connectivity index (χ3v) is 3.60. The van der Waals surface area contributed by atoms with Crippen LogP contribution in [0.4, 0.5) is 20.7 Å². The molecule has 0 bridgehead atoms. The molecule has 1 amide bonds. The molecule has 0 aliphatic heterocycles. The Bertz CT molecular complexity index is 717. The average Bonchev–Trinajstić information content (AvgIpc) is 2.44. The third kappa shape index (κ3) is 3.34. The molecule has 0 saturated heterocycles. The van der Waals surface area contributed by atoms with Gasteiger partial charge in [-0.2, -0.15) is 0 Å². The summed E-state index contributed by atoms with van der Waals surface area (Å²) in [4.78, 5) is 19.9. The molecule has 6 nitrogen and oxygen atoms in total. The number of nitrogens with zero attached hydrogens (tertiary/aromatic N) is 3. The van der Waals surface area contributed by atoms with Gasteiger partial charge in [0.15, 0.2) is 5.82 Å². The Balaban J connectivity index is 2.63. The summed E-state index contributed by atoms with van der Waals surface area (Å²) in [7, 11) is 0. The first-order valence-corrected chi connectivity index (χ1v) is 7.21. The molecule has 1 heterocycles. The summed E-state index contributed by atoms with van der Waals surface area (Å²) in [5.74, 6) is -0.843. The van der Waals surface area contributed by atoms with Crippen molar-refractivity contribution in [2.24, 2.45) is 0 Å². The lowest BCUT2D eigenvalue weighted by Crippen LogP contribution is -2.27. The minimum Gasteiger partial charge on any atom is -0.464 e. The zero-order valence-electron chi connectivity index (χ0n) is 11.0. The Morgan fingerprint density at radius 3 is 2.73 bits per heavy atom. The van der Waals surface area contributed by atoms with E-state index in [0.29, 0.717) is 9.37 Å². The quantitative estimate of drug-likeness (QED) is 0.782. The van der Waals surface area contributed by atoms with Crippen LogP contribution in [0.5, 0.6) is 0 Å². The van der Waals surface area contributed by atoms with E-state index in [0.717, 1.165) is 12.4 Å². The molecule has 0 spiro atoms. The third-order valence-electron chi connectivity index (χ3n) is 2.79. The lowest BCUT2D eigenvalue weighted by atomic mass is 10.2. The molecule has 2 aromatic rings. The molecule has 0 radical (unpaired) electrons. The normalized spacial score (nSPS) is 10.5. The zero-order valence-corrected chi connectivity index (χ0v) is 13.3. The molecular formula is C13H10BrClFN3O3. The van der Waals surface area contributed by atoms with E-state index in [1.54, 1.807) is 0 Å². The second-order valence-electron chi connectivity index (χ2n) is 4.15. The first-order valence-electron chi connectivity index (χ1n) is 6.04. The molecule has 0 fully saturated rings. The van der Waals surface area contributed by atoms with Crippen molar-refractivity contribution in [1.29, 1.82) is 0 Å². The lowest BCUT2D eigenvalue weighted by molar-refractivity contribution is 0.204. The van der Waals surface area contributed by atoms with Gasteiger partial charge < -0.3 is 10.2 Å².